The van der Waals surface area contributed by atoms with Crippen molar-refractivity contribution in [3.05, 3.63) is 58.1 Å². The summed E-state index contributed by atoms with van der Waals surface area (Å²) in [6, 6.07) is 11.4. The summed E-state index contributed by atoms with van der Waals surface area (Å²) >= 11 is 5.88. The highest BCUT2D eigenvalue weighted by Crippen LogP contribution is 2.20. The number of aryl methyl sites for hydroxylation is 1. The number of nitrogen functional groups attached to an aromatic ring is 1. The van der Waals surface area contributed by atoms with Gasteiger partial charge in [0.1, 0.15) is 6.07 Å². The van der Waals surface area contributed by atoms with Crippen molar-refractivity contribution in [3.8, 4) is 6.07 Å². The summed E-state index contributed by atoms with van der Waals surface area (Å²) < 4.78 is 4.96. The van der Waals surface area contributed by atoms with Gasteiger partial charge in [0.2, 0.25) is 0 Å². The molecule has 0 fully saturated rings. The van der Waals surface area contributed by atoms with Crippen molar-refractivity contribution in [1.82, 2.24) is 0 Å². The second-order valence-electron chi connectivity index (χ2n) is 4.97. The van der Waals surface area contributed by atoms with Crippen LogP contribution in [0.2, 0.25) is 5.02 Å². The van der Waals surface area contributed by atoms with Gasteiger partial charge in [-0.05, 0) is 36.8 Å². The second kappa shape index (κ2) is 7.49. The molecule has 2 rings (SSSR count). The van der Waals surface area contributed by atoms with E-state index in [0.717, 1.165) is 5.56 Å². The lowest BCUT2D eigenvalue weighted by Crippen LogP contribution is -2.21. The van der Waals surface area contributed by atoms with Gasteiger partial charge in [-0.2, -0.15) is 5.26 Å². The molecular weight excluding hydrogens is 330 g/mol. The molecular formula is C17H14ClN3O3. The Bertz CT molecular complexity index is 843. The first-order valence-corrected chi connectivity index (χ1v) is 7.32. The van der Waals surface area contributed by atoms with Gasteiger partial charge in [-0.25, -0.2) is 4.79 Å². The standard InChI is InChI=1S/C17H14ClN3O3/c1-10-3-2-4-13(16(10)20)17(23)24-9-15(22)21-12-6-5-11(8-19)14(18)7-12/h2-7H,9,20H2,1H3,(H,21,22). The first-order valence-electron chi connectivity index (χ1n) is 6.94. The number of hydrogen-bond acceptors (Lipinski definition) is 5. The summed E-state index contributed by atoms with van der Waals surface area (Å²) in [4.78, 5) is 23.8. The fourth-order valence-corrected chi connectivity index (χ4v) is 2.17. The molecule has 0 unspecified atom stereocenters. The molecule has 0 heterocycles. The maximum absolute atomic E-state index is 12.0. The number of halogens is 1. The van der Waals surface area contributed by atoms with Crippen LogP contribution in [0.15, 0.2) is 36.4 Å². The molecule has 0 atom stereocenters. The Morgan fingerprint density at radius 1 is 1.33 bits per heavy atom. The molecule has 7 heteroatoms. The van der Waals surface area contributed by atoms with Gasteiger partial charge in [0.05, 0.1) is 16.1 Å². The smallest absolute Gasteiger partial charge is 0.340 e. The van der Waals surface area contributed by atoms with Gasteiger partial charge in [-0.15, -0.1) is 0 Å². The maximum atomic E-state index is 12.0. The van der Waals surface area contributed by atoms with Crippen molar-refractivity contribution in [3.63, 3.8) is 0 Å². The van der Waals surface area contributed by atoms with E-state index in [0.29, 0.717) is 16.9 Å². The van der Waals surface area contributed by atoms with Crippen LogP contribution in [-0.4, -0.2) is 18.5 Å². The maximum Gasteiger partial charge on any atom is 0.340 e. The van der Waals surface area contributed by atoms with Gasteiger partial charge in [0.25, 0.3) is 5.91 Å². The highest BCUT2D eigenvalue weighted by atomic mass is 35.5. The number of nitrogens with two attached hydrogens (primary N) is 1. The van der Waals surface area contributed by atoms with Crippen LogP contribution < -0.4 is 11.1 Å². The number of nitriles is 1. The van der Waals surface area contributed by atoms with Crippen LogP contribution in [0, 0.1) is 18.3 Å². The molecule has 0 aliphatic carbocycles. The van der Waals surface area contributed by atoms with Gasteiger partial charge in [0, 0.05) is 11.4 Å². The summed E-state index contributed by atoms with van der Waals surface area (Å²) in [6.07, 6.45) is 0. The molecule has 122 valence electrons. The number of nitrogens with zero attached hydrogens (tertiary/aromatic N) is 1. The number of para-hydroxylation sites is 1. The number of hydrogen-bond donors (Lipinski definition) is 2. The topological polar surface area (TPSA) is 105 Å². The molecule has 0 radical (unpaired) electrons. The molecule has 1 amide bonds. The lowest BCUT2D eigenvalue weighted by atomic mass is 10.1. The van der Waals surface area contributed by atoms with E-state index in [-0.39, 0.29) is 10.6 Å². The van der Waals surface area contributed by atoms with Crippen molar-refractivity contribution >= 4 is 34.9 Å². The lowest BCUT2D eigenvalue weighted by molar-refractivity contribution is -0.119. The first-order chi connectivity index (χ1) is 11.4. The number of anilines is 2. The van der Waals surface area contributed by atoms with E-state index in [1.54, 1.807) is 19.1 Å². The third-order valence-corrected chi connectivity index (χ3v) is 3.56. The van der Waals surface area contributed by atoms with Crippen molar-refractivity contribution in [1.29, 1.82) is 5.26 Å². The van der Waals surface area contributed by atoms with Crippen LogP contribution in [0.3, 0.4) is 0 Å². The zero-order chi connectivity index (χ0) is 17.7. The number of rotatable bonds is 4. The third kappa shape index (κ3) is 4.03. The Hall–Kier alpha value is -3.04. The summed E-state index contributed by atoms with van der Waals surface area (Å²) in [6.45, 7) is 1.30. The summed E-state index contributed by atoms with van der Waals surface area (Å²) in [5, 5.41) is 11.5. The predicted molar refractivity (Wildman–Crippen MR) is 90.7 cm³/mol. The molecule has 24 heavy (non-hydrogen) atoms. The van der Waals surface area contributed by atoms with Crippen LogP contribution in [0.5, 0.6) is 0 Å². The number of benzene rings is 2. The molecule has 0 aliphatic heterocycles. The van der Waals surface area contributed by atoms with E-state index in [1.807, 2.05) is 6.07 Å². The molecule has 3 N–H and O–H groups in total. The average Bonchev–Trinajstić information content (AvgIpc) is 2.55. The number of nitrogens with one attached hydrogen (secondary N) is 1. The average molecular weight is 344 g/mol. The zero-order valence-corrected chi connectivity index (χ0v) is 13.6. The van der Waals surface area contributed by atoms with Crippen LogP contribution in [0.25, 0.3) is 0 Å². The zero-order valence-electron chi connectivity index (χ0n) is 12.8. The second-order valence-corrected chi connectivity index (χ2v) is 5.37. The van der Waals surface area contributed by atoms with Crippen molar-refractivity contribution in [2.75, 3.05) is 17.7 Å². The molecule has 6 nitrogen and oxygen atoms in total. The Morgan fingerprint density at radius 2 is 2.08 bits per heavy atom. The number of esters is 1. The van der Waals surface area contributed by atoms with E-state index in [9.17, 15) is 9.59 Å². The van der Waals surface area contributed by atoms with Crippen LogP contribution in [0.4, 0.5) is 11.4 Å². The van der Waals surface area contributed by atoms with E-state index in [4.69, 9.17) is 27.3 Å². The Balaban J connectivity index is 1.96. The van der Waals surface area contributed by atoms with E-state index < -0.39 is 18.5 Å². The number of carbonyl (C=O) groups is 2. The predicted octanol–water partition coefficient (Wildman–Crippen LogP) is 2.90. The Labute approximate surface area is 143 Å². The molecule has 0 saturated heterocycles. The molecule has 2 aromatic rings. The molecule has 2 aromatic carbocycles. The quantitative estimate of drug-likeness (QED) is 0.656. The van der Waals surface area contributed by atoms with Gasteiger partial charge in [-0.3, -0.25) is 4.79 Å². The molecule has 0 aliphatic rings. The third-order valence-electron chi connectivity index (χ3n) is 3.25. The van der Waals surface area contributed by atoms with Gasteiger partial charge < -0.3 is 15.8 Å². The van der Waals surface area contributed by atoms with E-state index in [1.165, 1.54) is 24.3 Å². The molecule has 0 bridgehead atoms. The van der Waals surface area contributed by atoms with E-state index >= 15 is 0 Å². The fraction of sp³-hybridized carbons (Fsp3) is 0.118. The highest BCUT2D eigenvalue weighted by Gasteiger charge is 2.14. The minimum atomic E-state index is -0.677. The fourth-order valence-electron chi connectivity index (χ4n) is 1.95. The van der Waals surface area contributed by atoms with Gasteiger partial charge >= 0.3 is 5.97 Å². The molecule has 0 saturated carbocycles. The largest absolute Gasteiger partial charge is 0.452 e. The SMILES string of the molecule is Cc1cccc(C(=O)OCC(=O)Nc2ccc(C#N)c(Cl)c2)c1N. The minimum Gasteiger partial charge on any atom is -0.452 e. The first kappa shape index (κ1) is 17.3. The monoisotopic (exact) mass is 343 g/mol. The molecule has 0 spiro atoms. The minimum absolute atomic E-state index is 0.212. The molecule has 0 aromatic heterocycles. The van der Waals surface area contributed by atoms with Crippen molar-refractivity contribution in [2.45, 2.75) is 6.92 Å². The van der Waals surface area contributed by atoms with Gasteiger partial charge in [0.15, 0.2) is 6.61 Å². The van der Waals surface area contributed by atoms with E-state index in [2.05, 4.69) is 5.32 Å². The summed E-state index contributed by atoms with van der Waals surface area (Å²) in [5.74, 6) is -1.21. The van der Waals surface area contributed by atoms with Crippen molar-refractivity contribution in [2.24, 2.45) is 0 Å². The van der Waals surface area contributed by atoms with Crippen molar-refractivity contribution < 1.29 is 14.3 Å². The summed E-state index contributed by atoms with van der Waals surface area (Å²) in [5.41, 5.74) is 7.80. The highest BCUT2D eigenvalue weighted by molar-refractivity contribution is 6.32. The van der Waals surface area contributed by atoms with Crippen LogP contribution in [-0.2, 0) is 9.53 Å². The van der Waals surface area contributed by atoms with Gasteiger partial charge in [-0.1, -0.05) is 23.7 Å². The lowest BCUT2D eigenvalue weighted by Gasteiger charge is -2.09. The van der Waals surface area contributed by atoms with Crippen LogP contribution >= 0.6 is 11.6 Å². The number of carbonyl (C=O) groups excluding carboxylic acids is 2. The Kier molecular flexibility index (Phi) is 5.40. The summed E-state index contributed by atoms with van der Waals surface area (Å²) in [7, 11) is 0. The normalized spacial score (nSPS) is 9.88. The number of ether oxygens (including phenoxy) is 1. The van der Waals surface area contributed by atoms with Crippen LogP contribution in [0.1, 0.15) is 21.5 Å². The number of amides is 1. The Morgan fingerprint density at radius 3 is 2.75 bits per heavy atom.